The van der Waals surface area contributed by atoms with Crippen LogP contribution in [0.3, 0.4) is 0 Å². The highest BCUT2D eigenvalue weighted by atomic mass is 79.9. The maximum Gasteiger partial charge on any atom is 0.315 e. The summed E-state index contributed by atoms with van der Waals surface area (Å²) in [5.41, 5.74) is -0.860. The van der Waals surface area contributed by atoms with Crippen LogP contribution >= 0.6 is 27.3 Å². The molecular weight excluding hydrogens is 344 g/mol. The minimum absolute atomic E-state index is 0.313. The van der Waals surface area contributed by atoms with E-state index in [2.05, 4.69) is 26.6 Å². The Hall–Kier alpha value is -1.08. The van der Waals surface area contributed by atoms with E-state index in [9.17, 15) is 14.7 Å². The van der Waals surface area contributed by atoms with Crippen molar-refractivity contribution < 1.29 is 14.7 Å². The fourth-order valence-corrected chi connectivity index (χ4v) is 3.91. The topological polar surface area (TPSA) is 78.4 Å². The molecule has 0 radical (unpaired) electrons. The monoisotopic (exact) mass is 360 g/mol. The van der Waals surface area contributed by atoms with Crippen LogP contribution in [0.15, 0.2) is 15.9 Å². The molecule has 0 saturated heterocycles. The van der Waals surface area contributed by atoms with E-state index >= 15 is 0 Å². The molecular formula is C13H17BrN2O3S. The Labute approximate surface area is 129 Å². The van der Waals surface area contributed by atoms with Crippen LogP contribution in [0.5, 0.6) is 0 Å². The van der Waals surface area contributed by atoms with Gasteiger partial charge in [0.05, 0.1) is 12.0 Å². The van der Waals surface area contributed by atoms with E-state index in [0.29, 0.717) is 19.4 Å². The molecule has 0 aliphatic heterocycles. The van der Waals surface area contributed by atoms with Gasteiger partial charge >= 0.3 is 12.0 Å². The third-order valence-electron chi connectivity index (χ3n) is 3.85. The highest BCUT2D eigenvalue weighted by Gasteiger charge is 2.45. The van der Waals surface area contributed by atoms with Crippen molar-refractivity contribution in [3.63, 3.8) is 0 Å². The number of carbonyl (C=O) groups excluding carboxylic acids is 1. The number of carboxylic acid groups (broad SMARTS) is 1. The molecule has 2 atom stereocenters. The van der Waals surface area contributed by atoms with Gasteiger partial charge in [-0.15, -0.1) is 11.3 Å². The molecule has 7 heteroatoms. The zero-order valence-electron chi connectivity index (χ0n) is 11.1. The molecule has 3 N–H and O–H groups in total. The Balaban J connectivity index is 1.88. The third-order valence-corrected chi connectivity index (χ3v) is 5.78. The summed E-state index contributed by atoms with van der Waals surface area (Å²) in [5.74, 6) is -0.846. The molecule has 1 aliphatic carbocycles. The molecule has 0 aromatic carbocycles. The van der Waals surface area contributed by atoms with E-state index in [1.807, 2.05) is 11.4 Å². The Kier molecular flexibility index (Phi) is 4.70. The number of aliphatic carboxylic acids is 1. The zero-order chi connectivity index (χ0) is 14.8. The predicted octanol–water partition coefficient (Wildman–Crippen LogP) is 2.95. The van der Waals surface area contributed by atoms with Crippen LogP contribution in [-0.2, 0) is 11.3 Å². The molecule has 2 rings (SSSR count). The lowest BCUT2D eigenvalue weighted by Gasteiger charge is -2.27. The van der Waals surface area contributed by atoms with Crippen molar-refractivity contribution in [3.05, 3.63) is 20.8 Å². The van der Waals surface area contributed by atoms with E-state index < -0.39 is 11.4 Å². The van der Waals surface area contributed by atoms with Crippen LogP contribution in [0, 0.1) is 5.41 Å². The van der Waals surface area contributed by atoms with Crippen LogP contribution in [0.25, 0.3) is 0 Å². The molecule has 110 valence electrons. The second-order valence-electron chi connectivity index (χ2n) is 5.19. The van der Waals surface area contributed by atoms with Crippen LogP contribution < -0.4 is 10.6 Å². The summed E-state index contributed by atoms with van der Waals surface area (Å²) in [7, 11) is 0. The van der Waals surface area contributed by atoms with Gasteiger partial charge in [-0.05, 0) is 47.1 Å². The van der Waals surface area contributed by atoms with Gasteiger partial charge in [0, 0.05) is 15.4 Å². The standard InChI is InChI=1S/C13H17BrN2O3S/c1-13(11(17)18)5-2-3-10(13)16-12(19)15-7-9-8(14)4-6-20-9/h4,6,10H,2-3,5,7H2,1H3,(H,17,18)(H2,15,16,19). The van der Waals surface area contributed by atoms with Crippen molar-refractivity contribution in [2.24, 2.45) is 5.41 Å². The van der Waals surface area contributed by atoms with Crippen molar-refractivity contribution >= 4 is 39.3 Å². The quantitative estimate of drug-likeness (QED) is 0.772. The molecule has 5 nitrogen and oxygen atoms in total. The van der Waals surface area contributed by atoms with Gasteiger partial charge in [-0.25, -0.2) is 4.79 Å². The first-order chi connectivity index (χ1) is 9.43. The summed E-state index contributed by atoms with van der Waals surface area (Å²) in [6, 6.07) is 1.30. The Bertz CT molecular complexity index is 519. The van der Waals surface area contributed by atoms with Gasteiger partial charge in [-0.2, -0.15) is 0 Å². The average Bonchev–Trinajstić information content (AvgIpc) is 2.95. The number of hydrogen-bond acceptors (Lipinski definition) is 3. The summed E-state index contributed by atoms with van der Waals surface area (Å²) >= 11 is 4.96. The zero-order valence-corrected chi connectivity index (χ0v) is 13.5. The molecule has 1 aromatic rings. The maximum atomic E-state index is 11.9. The SMILES string of the molecule is CC1(C(=O)O)CCCC1NC(=O)NCc1sccc1Br. The normalized spacial score (nSPS) is 25.4. The average molecular weight is 361 g/mol. The number of carboxylic acids is 1. The van der Waals surface area contributed by atoms with Crippen molar-refractivity contribution in [1.29, 1.82) is 0 Å². The third kappa shape index (κ3) is 3.15. The van der Waals surface area contributed by atoms with E-state index in [0.717, 1.165) is 15.8 Å². The molecule has 1 fully saturated rings. The van der Waals surface area contributed by atoms with Gasteiger partial charge < -0.3 is 15.7 Å². The second kappa shape index (κ2) is 6.13. The van der Waals surface area contributed by atoms with Crippen LogP contribution in [0.4, 0.5) is 4.79 Å². The first-order valence-corrected chi connectivity index (χ1v) is 8.10. The highest BCUT2D eigenvalue weighted by Crippen LogP contribution is 2.38. The van der Waals surface area contributed by atoms with Crippen LogP contribution in [0.1, 0.15) is 31.1 Å². The summed E-state index contributed by atoms with van der Waals surface area (Å²) in [6.45, 7) is 2.13. The fourth-order valence-electron chi connectivity index (χ4n) is 2.47. The predicted molar refractivity (Wildman–Crippen MR) is 80.8 cm³/mol. The molecule has 1 aromatic heterocycles. The summed E-state index contributed by atoms with van der Waals surface area (Å²) < 4.78 is 0.971. The van der Waals surface area contributed by atoms with Gasteiger partial charge in [0.25, 0.3) is 0 Å². The minimum Gasteiger partial charge on any atom is -0.481 e. The highest BCUT2D eigenvalue weighted by molar-refractivity contribution is 9.10. The van der Waals surface area contributed by atoms with Gasteiger partial charge in [0.15, 0.2) is 0 Å². The number of hydrogen-bond donors (Lipinski definition) is 3. The number of nitrogens with one attached hydrogen (secondary N) is 2. The molecule has 1 saturated carbocycles. The Morgan fingerprint density at radius 2 is 2.35 bits per heavy atom. The molecule has 1 heterocycles. The summed E-state index contributed by atoms with van der Waals surface area (Å²) in [4.78, 5) is 24.3. The largest absolute Gasteiger partial charge is 0.481 e. The van der Waals surface area contributed by atoms with Gasteiger partial charge in [0.2, 0.25) is 0 Å². The Morgan fingerprint density at radius 1 is 1.60 bits per heavy atom. The number of thiophene rings is 1. The van der Waals surface area contributed by atoms with E-state index in [-0.39, 0.29) is 12.1 Å². The Morgan fingerprint density at radius 3 is 2.95 bits per heavy atom. The number of halogens is 1. The summed E-state index contributed by atoms with van der Waals surface area (Å²) in [6.07, 6.45) is 2.13. The molecule has 2 amide bonds. The minimum atomic E-state index is -0.860. The van der Waals surface area contributed by atoms with Crippen molar-refractivity contribution in [2.45, 2.75) is 38.8 Å². The van der Waals surface area contributed by atoms with Crippen LogP contribution in [0.2, 0.25) is 0 Å². The van der Waals surface area contributed by atoms with Crippen molar-refractivity contribution in [3.8, 4) is 0 Å². The first-order valence-electron chi connectivity index (χ1n) is 6.43. The lowest BCUT2D eigenvalue weighted by atomic mass is 9.85. The molecule has 1 aliphatic rings. The van der Waals surface area contributed by atoms with E-state index in [1.165, 1.54) is 0 Å². The lowest BCUT2D eigenvalue weighted by Crippen LogP contribution is -2.50. The second-order valence-corrected chi connectivity index (χ2v) is 7.04. The van der Waals surface area contributed by atoms with Crippen molar-refractivity contribution in [2.75, 3.05) is 0 Å². The van der Waals surface area contributed by atoms with Gasteiger partial charge in [-0.1, -0.05) is 6.42 Å². The summed E-state index contributed by atoms with van der Waals surface area (Å²) in [5, 5.41) is 16.8. The molecule has 2 unspecified atom stereocenters. The smallest absolute Gasteiger partial charge is 0.315 e. The number of urea groups is 1. The molecule has 0 bridgehead atoms. The first kappa shape index (κ1) is 15.3. The molecule has 0 spiro atoms. The number of carbonyl (C=O) groups is 2. The molecule has 20 heavy (non-hydrogen) atoms. The lowest BCUT2D eigenvalue weighted by molar-refractivity contribution is -0.148. The fraction of sp³-hybridized carbons (Fsp3) is 0.538. The van der Waals surface area contributed by atoms with E-state index in [1.54, 1.807) is 18.3 Å². The number of rotatable bonds is 4. The number of amides is 2. The van der Waals surface area contributed by atoms with Gasteiger partial charge in [-0.3, -0.25) is 4.79 Å². The van der Waals surface area contributed by atoms with Crippen molar-refractivity contribution in [1.82, 2.24) is 10.6 Å². The maximum absolute atomic E-state index is 11.9. The van der Waals surface area contributed by atoms with E-state index in [4.69, 9.17) is 0 Å². The van der Waals surface area contributed by atoms with Gasteiger partial charge in [0.1, 0.15) is 0 Å². The van der Waals surface area contributed by atoms with Crippen LogP contribution in [-0.4, -0.2) is 23.1 Å².